The standard InChI is InChI=1S/C20H19N3O4S/c1-26-15-7-3-13(4-8-15)20(24)21-19-17-11-28(25)12-18(17)22-23(19)14-5-9-16(27-2)10-6-14/h3-10H,11-12H2,1-2H3,(H,21,24). The molecule has 144 valence electrons. The van der Waals surface area contributed by atoms with Crippen LogP contribution in [0.3, 0.4) is 0 Å². The summed E-state index contributed by atoms with van der Waals surface area (Å²) in [6, 6.07) is 14.2. The molecular weight excluding hydrogens is 378 g/mol. The van der Waals surface area contributed by atoms with Crippen LogP contribution in [0.1, 0.15) is 21.6 Å². The van der Waals surface area contributed by atoms with Crippen molar-refractivity contribution in [2.45, 2.75) is 11.5 Å². The monoisotopic (exact) mass is 397 g/mol. The third-order valence-corrected chi connectivity index (χ3v) is 5.78. The fourth-order valence-electron chi connectivity index (χ4n) is 3.09. The number of hydrogen-bond acceptors (Lipinski definition) is 5. The summed E-state index contributed by atoms with van der Waals surface area (Å²) in [6.45, 7) is 0. The third-order valence-electron chi connectivity index (χ3n) is 4.57. The van der Waals surface area contributed by atoms with Gasteiger partial charge in [-0.1, -0.05) is 0 Å². The number of rotatable bonds is 5. The van der Waals surface area contributed by atoms with Gasteiger partial charge in [-0.05, 0) is 48.5 Å². The van der Waals surface area contributed by atoms with E-state index in [9.17, 15) is 9.00 Å². The lowest BCUT2D eigenvalue weighted by molar-refractivity contribution is 0.102. The van der Waals surface area contributed by atoms with Crippen LogP contribution in [0.4, 0.5) is 5.82 Å². The Balaban J connectivity index is 1.70. The first kappa shape index (κ1) is 18.2. The molecular formula is C20H19N3O4S. The van der Waals surface area contributed by atoms with E-state index < -0.39 is 10.8 Å². The van der Waals surface area contributed by atoms with Crippen molar-refractivity contribution in [3.8, 4) is 17.2 Å². The molecule has 0 radical (unpaired) electrons. The second kappa shape index (κ2) is 7.47. The van der Waals surface area contributed by atoms with E-state index in [1.165, 1.54) is 0 Å². The molecule has 0 saturated heterocycles. The van der Waals surface area contributed by atoms with Gasteiger partial charge in [0, 0.05) is 21.9 Å². The highest BCUT2D eigenvalue weighted by molar-refractivity contribution is 7.83. The first-order chi connectivity index (χ1) is 13.6. The fraction of sp³-hybridized carbons (Fsp3) is 0.200. The zero-order chi connectivity index (χ0) is 19.7. The van der Waals surface area contributed by atoms with Gasteiger partial charge in [0.05, 0.1) is 37.1 Å². The number of methoxy groups -OCH3 is 2. The Bertz CT molecular complexity index is 1040. The molecule has 1 aliphatic heterocycles. The minimum absolute atomic E-state index is 0.266. The maximum atomic E-state index is 12.8. The van der Waals surface area contributed by atoms with Crippen LogP contribution < -0.4 is 14.8 Å². The second-order valence-corrected chi connectivity index (χ2v) is 7.75. The molecule has 8 heteroatoms. The highest BCUT2D eigenvalue weighted by atomic mass is 32.2. The van der Waals surface area contributed by atoms with Crippen molar-refractivity contribution in [3.05, 3.63) is 65.4 Å². The average molecular weight is 397 g/mol. The Kier molecular flexibility index (Phi) is 4.87. The molecule has 0 aliphatic carbocycles. The van der Waals surface area contributed by atoms with Crippen LogP contribution in [-0.2, 0) is 22.3 Å². The van der Waals surface area contributed by atoms with Gasteiger partial charge in [0.15, 0.2) is 0 Å². The quantitative estimate of drug-likeness (QED) is 0.716. The number of anilines is 1. The van der Waals surface area contributed by atoms with Gasteiger partial charge in [-0.2, -0.15) is 5.10 Å². The Morgan fingerprint density at radius 1 is 1.00 bits per heavy atom. The van der Waals surface area contributed by atoms with E-state index in [0.29, 0.717) is 28.6 Å². The van der Waals surface area contributed by atoms with Crippen LogP contribution in [0, 0.1) is 0 Å². The van der Waals surface area contributed by atoms with E-state index in [1.807, 2.05) is 24.3 Å². The van der Waals surface area contributed by atoms with Crippen molar-refractivity contribution in [1.29, 1.82) is 0 Å². The van der Waals surface area contributed by atoms with Crippen molar-refractivity contribution >= 4 is 22.5 Å². The van der Waals surface area contributed by atoms with Crippen molar-refractivity contribution in [3.63, 3.8) is 0 Å². The van der Waals surface area contributed by atoms with Crippen molar-refractivity contribution < 1.29 is 18.5 Å². The van der Waals surface area contributed by atoms with E-state index >= 15 is 0 Å². The smallest absolute Gasteiger partial charge is 0.256 e. The maximum absolute atomic E-state index is 12.8. The number of nitrogens with one attached hydrogen (secondary N) is 1. The SMILES string of the molecule is COc1ccc(C(=O)Nc2c3c(nn2-c2ccc(OC)cc2)CS(=O)C3)cc1. The summed E-state index contributed by atoms with van der Waals surface area (Å²) in [4.78, 5) is 12.8. The topological polar surface area (TPSA) is 82.4 Å². The van der Waals surface area contributed by atoms with Crippen LogP contribution in [-0.4, -0.2) is 34.1 Å². The Hall–Kier alpha value is -3.13. The lowest BCUT2D eigenvalue weighted by Gasteiger charge is -2.12. The van der Waals surface area contributed by atoms with Gasteiger partial charge >= 0.3 is 0 Å². The normalized spacial score (nSPS) is 15.1. The number of amides is 1. The summed E-state index contributed by atoms with van der Waals surface area (Å²) in [5.41, 5.74) is 2.84. The van der Waals surface area contributed by atoms with E-state index in [2.05, 4.69) is 10.4 Å². The van der Waals surface area contributed by atoms with Gasteiger partial charge in [-0.3, -0.25) is 9.00 Å². The summed E-state index contributed by atoms with van der Waals surface area (Å²) >= 11 is 0. The van der Waals surface area contributed by atoms with Crippen molar-refractivity contribution in [2.24, 2.45) is 0 Å². The van der Waals surface area contributed by atoms with Gasteiger partial charge in [0.1, 0.15) is 17.3 Å². The molecule has 0 saturated carbocycles. The molecule has 1 N–H and O–H groups in total. The van der Waals surface area contributed by atoms with Crippen molar-refractivity contribution in [1.82, 2.24) is 9.78 Å². The minimum Gasteiger partial charge on any atom is -0.497 e. The number of aromatic nitrogens is 2. The molecule has 2 aromatic carbocycles. The zero-order valence-electron chi connectivity index (χ0n) is 15.5. The molecule has 3 aromatic rings. The van der Waals surface area contributed by atoms with E-state index in [0.717, 1.165) is 22.7 Å². The number of hydrogen-bond donors (Lipinski definition) is 1. The summed E-state index contributed by atoms with van der Waals surface area (Å²) < 4.78 is 24.0. The molecule has 4 rings (SSSR count). The molecule has 0 bridgehead atoms. The summed E-state index contributed by atoms with van der Waals surface area (Å²) in [5.74, 6) is 2.46. The van der Waals surface area contributed by atoms with Crippen LogP contribution in [0.5, 0.6) is 11.5 Å². The molecule has 0 spiro atoms. The molecule has 7 nitrogen and oxygen atoms in total. The highest BCUT2D eigenvalue weighted by Gasteiger charge is 2.28. The second-order valence-electron chi connectivity index (χ2n) is 6.29. The van der Waals surface area contributed by atoms with E-state index in [-0.39, 0.29) is 5.91 Å². The number of benzene rings is 2. The maximum Gasteiger partial charge on any atom is 0.256 e. The molecule has 0 fully saturated rings. The Morgan fingerprint density at radius 3 is 2.21 bits per heavy atom. The molecule has 1 unspecified atom stereocenters. The molecule has 1 aromatic heterocycles. The summed E-state index contributed by atoms with van der Waals surface area (Å²) in [5, 5.41) is 7.54. The number of carbonyl (C=O) groups excluding carboxylic acids is 1. The van der Waals surface area contributed by atoms with Crippen molar-refractivity contribution in [2.75, 3.05) is 19.5 Å². The molecule has 1 amide bonds. The first-order valence-corrected chi connectivity index (χ1v) is 10.1. The largest absolute Gasteiger partial charge is 0.497 e. The number of fused-ring (bicyclic) bond motifs is 1. The average Bonchev–Trinajstić information content (AvgIpc) is 3.25. The lowest BCUT2D eigenvalue weighted by atomic mass is 10.2. The number of ether oxygens (including phenoxy) is 2. The molecule has 1 aliphatic rings. The number of carbonyl (C=O) groups is 1. The van der Waals surface area contributed by atoms with Crippen LogP contribution >= 0.6 is 0 Å². The lowest BCUT2D eigenvalue weighted by Crippen LogP contribution is -2.16. The van der Waals surface area contributed by atoms with Crippen LogP contribution in [0.25, 0.3) is 5.69 Å². The Labute approximate surface area is 164 Å². The molecule has 1 atom stereocenters. The van der Waals surface area contributed by atoms with Gasteiger partial charge in [0.2, 0.25) is 0 Å². The van der Waals surface area contributed by atoms with E-state index in [4.69, 9.17) is 9.47 Å². The fourth-order valence-corrected chi connectivity index (χ4v) is 4.35. The van der Waals surface area contributed by atoms with E-state index in [1.54, 1.807) is 43.2 Å². The summed E-state index contributed by atoms with van der Waals surface area (Å²) in [6.07, 6.45) is 0. The molecule has 2 heterocycles. The van der Waals surface area contributed by atoms with Gasteiger partial charge < -0.3 is 14.8 Å². The van der Waals surface area contributed by atoms with Crippen LogP contribution in [0.2, 0.25) is 0 Å². The minimum atomic E-state index is -0.996. The first-order valence-electron chi connectivity index (χ1n) is 8.64. The van der Waals surface area contributed by atoms with Crippen LogP contribution in [0.15, 0.2) is 48.5 Å². The van der Waals surface area contributed by atoms with Gasteiger partial charge in [-0.25, -0.2) is 4.68 Å². The third kappa shape index (κ3) is 3.38. The highest BCUT2D eigenvalue weighted by Crippen LogP contribution is 2.32. The Morgan fingerprint density at radius 2 is 1.61 bits per heavy atom. The predicted molar refractivity (Wildman–Crippen MR) is 107 cm³/mol. The summed E-state index contributed by atoms with van der Waals surface area (Å²) in [7, 11) is 2.18. The van der Waals surface area contributed by atoms with Gasteiger partial charge in [0.25, 0.3) is 5.91 Å². The number of nitrogens with zero attached hydrogens (tertiary/aromatic N) is 2. The van der Waals surface area contributed by atoms with Gasteiger partial charge in [-0.15, -0.1) is 0 Å². The molecule has 28 heavy (non-hydrogen) atoms. The zero-order valence-corrected chi connectivity index (χ0v) is 16.3. The predicted octanol–water partition coefficient (Wildman–Crippen LogP) is 2.90.